The van der Waals surface area contributed by atoms with E-state index in [1.165, 1.54) is 12.1 Å². The fourth-order valence-corrected chi connectivity index (χ4v) is 3.28. The van der Waals surface area contributed by atoms with Crippen LogP contribution in [-0.4, -0.2) is 24.1 Å². The van der Waals surface area contributed by atoms with Crippen LogP contribution in [0.1, 0.15) is 12.8 Å². The van der Waals surface area contributed by atoms with Gasteiger partial charge in [0.2, 0.25) is 5.91 Å². The van der Waals surface area contributed by atoms with Gasteiger partial charge in [0, 0.05) is 16.9 Å². The molecule has 1 aromatic carbocycles. The van der Waals surface area contributed by atoms with Crippen molar-refractivity contribution in [2.75, 3.05) is 5.32 Å². The number of aliphatic carboxylic acids is 1. The van der Waals surface area contributed by atoms with E-state index in [1.807, 2.05) is 0 Å². The Morgan fingerprint density at radius 2 is 1.95 bits per heavy atom. The molecule has 7 heteroatoms. The van der Waals surface area contributed by atoms with Crippen LogP contribution in [-0.2, 0) is 14.3 Å². The number of rotatable bonds is 3. The minimum Gasteiger partial charge on any atom is -0.550 e. The van der Waals surface area contributed by atoms with Gasteiger partial charge in [0.25, 0.3) is 0 Å². The van der Waals surface area contributed by atoms with E-state index in [0.29, 0.717) is 12.8 Å². The summed E-state index contributed by atoms with van der Waals surface area (Å²) in [5.41, 5.74) is -0.0377. The molecule has 0 aliphatic carbocycles. The van der Waals surface area contributed by atoms with Crippen molar-refractivity contribution in [3.63, 3.8) is 0 Å². The summed E-state index contributed by atoms with van der Waals surface area (Å²) < 4.78 is 19.2. The number of carboxylic acid groups (broad SMARTS) is 1. The van der Waals surface area contributed by atoms with Gasteiger partial charge in [-0.15, -0.1) is 0 Å². The molecule has 0 spiro atoms. The predicted molar refractivity (Wildman–Crippen MR) is 69.9 cm³/mol. The van der Waals surface area contributed by atoms with Crippen molar-refractivity contribution in [2.24, 2.45) is 11.8 Å². The molecule has 2 aliphatic rings. The molecule has 21 heavy (non-hydrogen) atoms. The number of hydrogen-bond donors (Lipinski definition) is 1. The molecule has 2 bridgehead atoms. The number of halogens is 2. The van der Waals surface area contributed by atoms with Gasteiger partial charge in [-0.05, 0) is 31.0 Å². The zero-order chi connectivity index (χ0) is 15.1. The molecule has 1 amide bonds. The number of nitrogens with one attached hydrogen (secondary N) is 1. The van der Waals surface area contributed by atoms with Gasteiger partial charge in [-0.1, -0.05) is 11.6 Å². The summed E-state index contributed by atoms with van der Waals surface area (Å²) >= 11 is 5.64. The Labute approximate surface area is 125 Å². The van der Waals surface area contributed by atoms with Gasteiger partial charge in [-0.25, -0.2) is 4.39 Å². The van der Waals surface area contributed by atoms with Gasteiger partial charge in [-0.2, -0.15) is 0 Å². The smallest absolute Gasteiger partial charge is 0.230 e. The summed E-state index contributed by atoms with van der Waals surface area (Å²) in [7, 11) is 0. The number of ether oxygens (including phenoxy) is 1. The van der Waals surface area contributed by atoms with Gasteiger partial charge in [-0.3, -0.25) is 4.79 Å². The molecule has 4 atom stereocenters. The molecule has 0 unspecified atom stereocenters. The number of amides is 1. The molecule has 2 fully saturated rings. The molecule has 5 nitrogen and oxygen atoms in total. The largest absolute Gasteiger partial charge is 0.550 e. The zero-order valence-corrected chi connectivity index (χ0v) is 11.6. The maximum Gasteiger partial charge on any atom is 0.230 e. The lowest BCUT2D eigenvalue weighted by Gasteiger charge is -2.27. The normalized spacial score (nSPS) is 30.4. The Bertz CT molecular complexity index is 609. The van der Waals surface area contributed by atoms with Crippen molar-refractivity contribution in [1.29, 1.82) is 0 Å². The first-order chi connectivity index (χ1) is 9.97. The highest BCUT2D eigenvalue weighted by Crippen LogP contribution is 2.43. The van der Waals surface area contributed by atoms with Crippen molar-refractivity contribution >= 4 is 29.2 Å². The minimum atomic E-state index is -1.31. The molecule has 1 N–H and O–H groups in total. The standard InChI is InChI=1S/C14H13ClFNO4/c15-6-1-2-8(7(16)5-6)17-13(18)11-9-3-4-10(21-9)12(11)14(19)20/h1-2,5,9-12H,3-4H2,(H,17,18)(H,19,20)/p-1/t9-,10+,11+,12-/m1/s1. The lowest BCUT2D eigenvalue weighted by molar-refractivity contribution is -0.313. The van der Waals surface area contributed by atoms with Crippen molar-refractivity contribution in [2.45, 2.75) is 25.0 Å². The molecule has 3 rings (SSSR count). The summed E-state index contributed by atoms with van der Waals surface area (Å²) in [4.78, 5) is 23.5. The Kier molecular flexibility index (Phi) is 3.59. The first-order valence-corrected chi connectivity index (χ1v) is 6.97. The molecule has 2 heterocycles. The minimum absolute atomic E-state index is 0.0377. The van der Waals surface area contributed by atoms with Crippen molar-refractivity contribution in [3.05, 3.63) is 29.0 Å². The number of hydrogen-bond acceptors (Lipinski definition) is 4. The average Bonchev–Trinajstić information content (AvgIpc) is 3.02. The van der Waals surface area contributed by atoms with E-state index in [2.05, 4.69) is 5.32 Å². The maximum atomic E-state index is 13.7. The van der Waals surface area contributed by atoms with Crippen LogP contribution in [0.4, 0.5) is 10.1 Å². The summed E-state index contributed by atoms with van der Waals surface area (Å²) in [6.07, 6.45) is 0.275. The van der Waals surface area contributed by atoms with Crippen LogP contribution in [0.25, 0.3) is 0 Å². The number of carbonyl (C=O) groups is 2. The number of anilines is 1. The zero-order valence-electron chi connectivity index (χ0n) is 10.8. The number of carbonyl (C=O) groups excluding carboxylic acids is 2. The van der Waals surface area contributed by atoms with Crippen LogP contribution < -0.4 is 10.4 Å². The van der Waals surface area contributed by atoms with Crippen LogP contribution in [0.3, 0.4) is 0 Å². The summed E-state index contributed by atoms with van der Waals surface area (Å²) in [6.45, 7) is 0. The summed E-state index contributed by atoms with van der Waals surface area (Å²) in [5.74, 6) is -4.40. The summed E-state index contributed by atoms with van der Waals surface area (Å²) in [5, 5.41) is 13.8. The number of benzene rings is 1. The molecule has 0 radical (unpaired) electrons. The highest BCUT2D eigenvalue weighted by Gasteiger charge is 2.52. The van der Waals surface area contributed by atoms with Crippen molar-refractivity contribution in [3.8, 4) is 0 Å². The van der Waals surface area contributed by atoms with E-state index in [0.717, 1.165) is 6.07 Å². The molecular weight excluding hydrogens is 301 g/mol. The average molecular weight is 313 g/mol. The second-order valence-electron chi connectivity index (χ2n) is 5.27. The van der Waals surface area contributed by atoms with Crippen LogP contribution in [0, 0.1) is 17.7 Å². The number of carboxylic acids is 1. The molecule has 1 aromatic rings. The van der Waals surface area contributed by atoms with E-state index >= 15 is 0 Å². The molecule has 2 saturated heterocycles. The monoisotopic (exact) mass is 312 g/mol. The van der Waals surface area contributed by atoms with Gasteiger partial charge < -0.3 is 20.0 Å². The second kappa shape index (κ2) is 5.27. The van der Waals surface area contributed by atoms with E-state index in [-0.39, 0.29) is 10.7 Å². The third kappa shape index (κ3) is 2.49. The Morgan fingerprint density at radius 1 is 1.29 bits per heavy atom. The van der Waals surface area contributed by atoms with Crippen LogP contribution in [0.2, 0.25) is 5.02 Å². The fourth-order valence-electron chi connectivity index (χ4n) is 3.12. The predicted octanol–water partition coefficient (Wildman–Crippen LogP) is 0.961. The maximum absolute atomic E-state index is 13.7. The van der Waals surface area contributed by atoms with Crippen LogP contribution >= 0.6 is 11.6 Å². The lowest BCUT2D eigenvalue weighted by Crippen LogP contribution is -2.46. The number of fused-ring (bicyclic) bond motifs is 2. The van der Waals surface area contributed by atoms with Crippen LogP contribution in [0.15, 0.2) is 18.2 Å². The van der Waals surface area contributed by atoms with E-state index in [1.54, 1.807) is 0 Å². The third-order valence-electron chi connectivity index (χ3n) is 4.04. The lowest BCUT2D eigenvalue weighted by atomic mass is 9.78. The van der Waals surface area contributed by atoms with Crippen molar-refractivity contribution in [1.82, 2.24) is 0 Å². The highest BCUT2D eigenvalue weighted by atomic mass is 35.5. The van der Waals surface area contributed by atoms with Gasteiger partial charge >= 0.3 is 0 Å². The second-order valence-corrected chi connectivity index (χ2v) is 5.71. The Morgan fingerprint density at radius 3 is 2.57 bits per heavy atom. The van der Waals surface area contributed by atoms with E-state index in [9.17, 15) is 19.1 Å². The Hall–Kier alpha value is -1.66. The molecule has 0 saturated carbocycles. The quantitative estimate of drug-likeness (QED) is 0.901. The molecule has 0 aromatic heterocycles. The first-order valence-electron chi connectivity index (χ1n) is 6.59. The van der Waals surface area contributed by atoms with Crippen molar-refractivity contribution < 1.29 is 23.8 Å². The van der Waals surface area contributed by atoms with Gasteiger partial charge in [0.05, 0.1) is 23.8 Å². The third-order valence-corrected chi connectivity index (χ3v) is 4.27. The first kappa shape index (κ1) is 14.3. The van der Waals surface area contributed by atoms with E-state index in [4.69, 9.17) is 16.3 Å². The fraction of sp³-hybridized carbons (Fsp3) is 0.429. The van der Waals surface area contributed by atoms with Gasteiger partial charge in [0.15, 0.2) is 0 Å². The molecule has 2 aliphatic heterocycles. The molecule has 112 valence electrons. The SMILES string of the molecule is O=C(Nc1ccc(Cl)cc1F)[C@@H]1[C@H](C(=O)[O-])[C@@H]2CC[C@H]1O2. The molecular formula is C14H12ClFNO4-. The van der Waals surface area contributed by atoms with E-state index < -0.39 is 41.7 Å². The Balaban J connectivity index is 1.80. The van der Waals surface area contributed by atoms with Gasteiger partial charge in [0.1, 0.15) is 5.82 Å². The summed E-state index contributed by atoms with van der Waals surface area (Å²) in [6, 6.07) is 3.84. The van der Waals surface area contributed by atoms with Crippen LogP contribution in [0.5, 0.6) is 0 Å². The topological polar surface area (TPSA) is 78.5 Å². The highest BCUT2D eigenvalue weighted by molar-refractivity contribution is 6.30.